The molecule has 0 radical (unpaired) electrons. The summed E-state index contributed by atoms with van der Waals surface area (Å²) in [5.74, 6) is -0.0362. The van der Waals surface area contributed by atoms with Crippen LogP contribution in [0, 0.1) is 0 Å². The molecule has 1 fully saturated rings. The number of likely N-dealkylation sites (tertiary alicyclic amines) is 1. The smallest absolute Gasteiger partial charge is 0.305 e. The zero-order chi connectivity index (χ0) is 12.7. The van der Waals surface area contributed by atoms with Gasteiger partial charge in [-0.1, -0.05) is 0 Å². The van der Waals surface area contributed by atoms with Crippen LogP contribution in [0.5, 0.6) is 0 Å². The summed E-state index contributed by atoms with van der Waals surface area (Å²) in [4.78, 5) is 24.7. The molecule has 0 aromatic heterocycles. The van der Waals surface area contributed by atoms with Crippen LogP contribution in [0.25, 0.3) is 0 Å². The van der Waals surface area contributed by atoms with Crippen LogP contribution >= 0.6 is 0 Å². The Morgan fingerprint density at radius 1 is 1.35 bits per heavy atom. The number of ether oxygens (including phenoxy) is 1. The number of nitrogens with one attached hydrogen (secondary N) is 1. The van der Waals surface area contributed by atoms with Crippen LogP contribution in [0.15, 0.2) is 0 Å². The largest absolute Gasteiger partial charge is 0.469 e. The minimum atomic E-state index is -0.203. The molecule has 1 amide bonds. The molecule has 0 aromatic carbocycles. The second kappa shape index (κ2) is 7.27. The van der Waals surface area contributed by atoms with Crippen LogP contribution in [-0.2, 0) is 14.3 Å². The third-order valence-electron chi connectivity index (χ3n) is 3.02. The summed E-state index contributed by atoms with van der Waals surface area (Å²) in [6.45, 7) is 4.30. The van der Waals surface area contributed by atoms with E-state index >= 15 is 0 Å². The van der Waals surface area contributed by atoms with Crippen LogP contribution in [0.1, 0.15) is 32.6 Å². The first-order valence-corrected chi connectivity index (χ1v) is 6.24. The van der Waals surface area contributed by atoms with Gasteiger partial charge in [0, 0.05) is 19.5 Å². The fraction of sp³-hybridized carbons (Fsp3) is 0.833. The van der Waals surface area contributed by atoms with E-state index in [0.717, 1.165) is 25.9 Å². The standard InChI is InChI=1S/C12H22N2O3/c1-10(12(16)14-8-3-4-9-14)13-7-5-6-11(15)17-2/h10,13H,3-9H2,1-2H3. The fourth-order valence-electron chi connectivity index (χ4n) is 1.95. The lowest BCUT2D eigenvalue weighted by molar-refractivity contribution is -0.140. The van der Waals surface area contributed by atoms with Gasteiger partial charge in [-0.2, -0.15) is 0 Å². The Bertz CT molecular complexity index is 262. The predicted octanol–water partition coefficient (Wildman–Crippen LogP) is 0.540. The van der Waals surface area contributed by atoms with E-state index in [9.17, 15) is 9.59 Å². The van der Waals surface area contributed by atoms with Gasteiger partial charge in [-0.05, 0) is 32.7 Å². The summed E-state index contributed by atoms with van der Waals surface area (Å²) in [7, 11) is 1.38. The van der Waals surface area contributed by atoms with Crippen molar-refractivity contribution in [1.82, 2.24) is 10.2 Å². The number of amides is 1. The second-order valence-electron chi connectivity index (χ2n) is 4.39. The average Bonchev–Trinajstić information content (AvgIpc) is 2.86. The molecule has 1 N–H and O–H groups in total. The summed E-state index contributed by atoms with van der Waals surface area (Å²) in [5, 5.41) is 3.14. The molecule has 0 aliphatic carbocycles. The number of esters is 1. The number of hydrogen-bond donors (Lipinski definition) is 1. The van der Waals surface area contributed by atoms with Gasteiger partial charge in [-0.15, -0.1) is 0 Å². The van der Waals surface area contributed by atoms with Crippen LogP contribution in [0.4, 0.5) is 0 Å². The van der Waals surface area contributed by atoms with Gasteiger partial charge in [0.25, 0.3) is 0 Å². The molecule has 17 heavy (non-hydrogen) atoms. The van der Waals surface area contributed by atoms with Gasteiger partial charge in [0.1, 0.15) is 0 Å². The number of methoxy groups -OCH3 is 1. The Labute approximate surface area is 102 Å². The van der Waals surface area contributed by atoms with Crippen molar-refractivity contribution >= 4 is 11.9 Å². The van der Waals surface area contributed by atoms with Crippen molar-refractivity contribution in [2.24, 2.45) is 0 Å². The summed E-state index contributed by atoms with van der Waals surface area (Å²) in [6, 6.07) is -0.161. The SMILES string of the molecule is COC(=O)CCCNC(C)C(=O)N1CCCC1. The maximum atomic E-state index is 11.9. The highest BCUT2D eigenvalue weighted by molar-refractivity contribution is 5.81. The summed E-state index contributed by atoms with van der Waals surface area (Å²) < 4.78 is 4.54. The van der Waals surface area contributed by atoms with Crippen LogP contribution in [0.2, 0.25) is 0 Å². The van der Waals surface area contributed by atoms with Gasteiger partial charge in [0.15, 0.2) is 0 Å². The van der Waals surface area contributed by atoms with Crippen molar-refractivity contribution in [3.8, 4) is 0 Å². The zero-order valence-corrected chi connectivity index (χ0v) is 10.7. The maximum Gasteiger partial charge on any atom is 0.305 e. The fourth-order valence-corrected chi connectivity index (χ4v) is 1.95. The Morgan fingerprint density at radius 2 is 2.00 bits per heavy atom. The van der Waals surface area contributed by atoms with Crippen molar-refractivity contribution in [2.45, 2.75) is 38.6 Å². The first kappa shape index (κ1) is 14.0. The number of carbonyl (C=O) groups excluding carboxylic acids is 2. The predicted molar refractivity (Wildman–Crippen MR) is 64.5 cm³/mol. The minimum Gasteiger partial charge on any atom is -0.469 e. The van der Waals surface area contributed by atoms with Gasteiger partial charge in [-0.3, -0.25) is 9.59 Å². The highest BCUT2D eigenvalue weighted by atomic mass is 16.5. The van der Waals surface area contributed by atoms with E-state index in [1.165, 1.54) is 7.11 Å². The molecule has 0 aromatic rings. The number of hydrogen-bond acceptors (Lipinski definition) is 4. The van der Waals surface area contributed by atoms with E-state index in [4.69, 9.17) is 0 Å². The molecule has 1 heterocycles. The third kappa shape index (κ3) is 4.73. The van der Waals surface area contributed by atoms with E-state index in [1.54, 1.807) is 0 Å². The average molecular weight is 242 g/mol. The molecule has 0 saturated carbocycles. The van der Waals surface area contributed by atoms with E-state index in [0.29, 0.717) is 19.4 Å². The molecule has 5 nitrogen and oxygen atoms in total. The Kier molecular flexibility index (Phi) is 5.97. The molecular weight excluding hydrogens is 220 g/mol. The maximum absolute atomic E-state index is 11.9. The Hall–Kier alpha value is -1.10. The van der Waals surface area contributed by atoms with Crippen LogP contribution in [0.3, 0.4) is 0 Å². The molecule has 0 spiro atoms. The van der Waals surface area contributed by atoms with Crippen molar-refractivity contribution in [3.63, 3.8) is 0 Å². The second-order valence-corrected chi connectivity index (χ2v) is 4.39. The monoisotopic (exact) mass is 242 g/mol. The van der Waals surface area contributed by atoms with Gasteiger partial charge < -0.3 is 15.0 Å². The minimum absolute atomic E-state index is 0.161. The van der Waals surface area contributed by atoms with Crippen molar-refractivity contribution in [1.29, 1.82) is 0 Å². The molecule has 1 aliphatic heterocycles. The summed E-state index contributed by atoms with van der Waals surface area (Å²) in [6.07, 6.45) is 3.32. The lowest BCUT2D eigenvalue weighted by Crippen LogP contribution is -2.43. The Morgan fingerprint density at radius 3 is 2.59 bits per heavy atom. The molecule has 1 rings (SSSR count). The number of carbonyl (C=O) groups is 2. The zero-order valence-electron chi connectivity index (χ0n) is 10.7. The van der Waals surface area contributed by atoms with Gasteiger partial charge in [0.05, 0.1) is 13.2 Å². The molecule has 1 atom stereocenters. The quantitative estimate of drug-likeness (QED) is 0.545. The summed E-state index contributed by atoms with van der Waals surface area (Å²) >= 11 is 0. The van der Waals surface area contributed by atoms with E-state index in [2.05, 4.69) is 10.1 Å². The molecular formula is C12H22N2O3. The van der Waals surface area contributed by atoms with Crippen LogP contribution < -0.4 is 5.32 Å². The van der Waals surface area contributed by atoms with E-state index in [-0.39, 0.29) is 17.9 Å². The van der Waals surface area contributed by atoms with Gasteiger partial charge in [-0.25, -0.2) is 0 Å². The number of rotatable bonds is 6. The highest BCUT2D eigenvalue weighted by Crippen LogP contribution is 2.08. The van der Waals surface area contributed by atoms with Crippen LogP contribution in [-0.4, -0.2) is 49.6 Å². The summed E-state index contributed by atoms with van der Waals surface area (Å²) in [5.41, 5.74) is 0. The first-order valence-electron chi connectivity index (χ1n) is 6.24. The lowest BCUT2D eigenvalue weighted by atomic mass is 10.2. The van der Waals surface area contributed by atoms with Crippen molar-refractivity contribution < 1.29 is 14.3 Å². The molecule has 0 bridgehead atoms. The third-order valence-corrected chi connectivity index (χ3v) is 3.02. The van der Waals surface area contributed by atoms with Crippen molar-refractivity contribution in [2.75, 3.05) is 26.7 Å². The van der Waals surface area contributed by atoms with Gasteiger partial charge >= 0.3 is 5.97 Å². The van der Waals surface area contributed by atoms with Crippen molar-refractivity contribution in [3.05, 3.63) is 0 Å². The molecule has 5 heteroatoms. The molecule has 1 aliphatic rings. The normalized spacial score (nSPS) is 16.9. The van der Waals surface area contributed by atoms with Gasteiger partial charge in [0.2, 0.25) is 5.91 Å². The first-order chi connectivity index (χ1) is 8.15. The molecule has 1 unspecified atom stereocenters. The molecule has 1 saturated heterocycles. The van der Waals surface area contributed by atoms with E-state index in [1.807, 2.05) is 11.8 Å². The lowest BCUT2D eigenvalue weighted by Gasteiger charge is -2.21. The van der Waals surface area contributed by atoms with E-state index < -0.39 is 0 Å². The topological polar surface area (TPSA) is 58.6 Å². The molecule has 98 valence electrons. The number of nitrogens with zero attached hydrogens (tertiary/aromatic N) is 1. The highest BCUT2D eigenvalue weighted by Gasteiger charge is 2.22. The Balaban J connectivity index is 2.13.